The third-order valence-corrected chi connectivity index (χ3v) is 3.62. The average molecular weight is 279 g/mol. The molecule has 0 aliphatic carbocycles. The minimum atomic E-state index is 0.468. The third kappa shape index (κ3) is 4.76. The second-order valence-corrected chi connectivity index (χ2v) is 5.21. The fourth-order valence-corrected chi connectivity index (χ4v) is 2.24. The van der Waals surface area contributed by atoms with Crippen molar-refractivity contribution in [3.63, 3.8) is 0 Å². The summed E-state index contributed by atoms with van der Waals surface area (Å²) in [5.41, 5.74) is 2.47. The number of aromatic nitrogens is 1. The number of pyridine rings is 1. The lowest BCUT2D eigenvalue weighted by atomic mass is 10.1. The molecule has 1 rings (SSSR count). The van der Waals surface area contributed by atoms with Crippen LogP contribution in [-0.2, 0) is 11.3 Å². The van der Waals surface area contributed by atoms with Crippen LogP contribution in [0.5, 0.6) is 0 Å². The van der Waals surface area contributed by atoms with Crippen LogP contribution in [0, 0.1) is 6.92 Å². The van der Waals surface area contributed by atoms with E-state index in [1.54, 1.807) is 7.11 Å². The van der Waals surface area contributed by atoms with Crippen molar-refractivity contribution in [2.24, 2.45) is 0 Å². The maximum Gasteiger partial charge on any atom is 0.131 e. The van der Waals surface area contributed by atoms with Crippen LogP contribution >= 0.6 is 0 Å². The lowest BCUT2D eigenvalue weighted by Gasteiger charge is -2.30. The average Bonchev–Trinajstić information content (AvgIpc) is 2.46. The first-order valence-electron chi connectivity index (χ1n) is 7.55. The molecular weight excluding hydrogens is 250 g/mol. The van der Waals surface area contributed by atoms with Crippen LogP contribution in [-0.4, -0.2) is 37.8 Å². The Morgan fingerprint density at radius 1 is 1.40 bits per heavy atom. The van der Waals surface area contributed by atoms with Crippen LogP contribution in [0.4, 0.5) is 5.82 Å². The minimum absolute atomic E-state index is 0.468. The van der Waals surface area contributed by atoms with Crippen LogP contribution in [0.25, 0.3) is 0 Å². The van der Waals surface area contributed by atoms with Gasteiger partial charge in [0.15, 0.2) is 0 Å². The fourth-order valence-electron chi connectivity index (χ4n) is 2.24. The lowest BCUT2D eigenvalue weighted by molar-refractivity contribution is 0.203. The van der Waals surface area contributed by atoms with E-state index in [-0.39, 0.29) is 0 Å². The van der Waals surface area contributed by atoms with Crippen molar-refractivity contribution in [2.45, 2.75) is 46.7 Å². The van der Waals surface area contributed by atoms with Gasteiger partial charge >= 0.3 is 0 Å². The van der Waals surface area contributed by atoms with Crippen molar-refractivity contribution in [3.8, 4) is 0 Å². The van der Waals surface area contributed by atoms with Crippen LogP contribution < -0.4 is 10.2 Å². The van der Waals surface area contributed by atoms with Crippen LogP contribution in [0.3, 0.4) is 0 Å². The Hall–Kier alpha value is -1.13. The molecule has 0 amide bonds. The second kappa shape index (κ2) is 8.93. The predicted octanol–water partition coefficient (Wildman–Crippen LogP) is 2.75. The maximum atomic E-state index is 5.23. The molecule has 0 aliphatic heterocycles. The van der Waals surface area contributed by atoms with E-state index >= 15 is 0 Å². The van der Waals surface area contributed by atoms with Crippen molar-refractivity contribution in [3.05, 3.63) is 23.4 Å². The number of hydrogen-bond donors (Lipinski definition) is 1. The van der Waals surface area contributed by atoms with Crippen molar-refractivity contribution < 1.29 is 4.74 Å². The highest BCUT2D eigenvalue weighted by Gasteiger charge is 2.16. The molecule has 1 heterocycles. The molecule has 1 unspecified atom stereocenters. The monoisotopic (exact) mass is 279 g/mol. The number of ether oxygens (including phenoxy) is 1. The normalized spacial score (nSPS) is 12.4. The highest BCUT2D eigenvalue weighted by atomic mass is 16.5. The number of hydrogen-bond acceptors (Lipinski definition) is 4. The number of methoxy groups -OCH3 is 1. The van der Waals surface area contributed by atoms with Gasteiger partial charge in [-0.15, -0.1) is 0 Å². The molecule has 20 heavy (non-hydrogen) atoms. The van der Waals surface area contributed by atoms with Crippen molar-refractivity contribution in [1.82, 2.24) is 10.3 Å². The highest BCUT2D eigenvalue weighted by molar-refractivity contribution is 5.48. The number of nitrogens with zero attached hydrogens (tertiary/aromatic N) is 2. The predicted molar refractivity (Wildman–Crippen MR) is 85.3 cm³/mol. The first-order chi connectivity index (χ1) is 9.63. The summed E-state index contributed by atoms with van der Waals surface area (Å²) in [6.45, 7) is 12.2. The van der Waals surface area contributed by atoms with Gasteiger partial charge < -0.3 is 15.0 Å². The highest BCUT2D eigenvalue weighted by Crippen LogP contribution is 2.21. The zero-order chi connectivity index (χ0) is 15.0. The van der Waals surface area contributed by atoms with Gasteiger partial charge in [-0.1, -0.05) is 13.8 Å². The lowest BCUT2D eigenvalue weighted by Crippen LogP contribution is -2.36. The molecule has 0 radical (unpaired) electrons. The van der Waals surface area contributed by atoms with Crippen LogP contribution in [0.2, 0.25) is 0 Å². The van der Waals surface area contributed by atoms with Gasteiger partial charge in [-0.05, 0) is 44.0 Å². The molecule has 0 saturated carbocycles. The van der Waals surface area contributed by atoms with E-state index in [1.165, 1.54) is 11.1 Å². The molecular formula is C16H29N3O. The molecule has 0 fully saturated rings. The molecule has 0 saturated heterocycles. The molecule has 0 spiro atoms. The molecule has 1 aromatic rings. The second-order valence-electron chi connectivity index (χ2n) is 5.21. The van der Waals surface area contributed by atoms with Gasteiger partial charge in [-0.25, -0.2) is 4.98 Å². The summed E-state index contributed by atoms with van der Waals surface area (Å²) >= 11 is 0. The van der Waals surface area contributed by atoms with E-state index in [2.05, 4.69) is 49.0 Å². The van der Waals surface area contributed by atoms with Gasteiger partial charge in [0.1, 0.15) is 5.82 Å². The molecule has 1 atom stereocenters. The van der Waals surface area contributed by atoms with E-state index < -0.39 is 0 Å². The molecule has 114 valence electrons. The SMILES string of the molecule is CCNCc1cnc(N(CCOC)C(C)CC)c(C)c1. The molecule has 1 aromatic heterocycles. The standard InChI is InChI=1S/C16H29N3O/c1-6-14(4)19(8-9-20-5)16-13(3)10-15(12-18-16)11-17-7-2/h10,12,14,17H,6-9,11H2,1-5H3. The van der Waals surface area contributed by atoms with Gasteiger partial charge in [0, 0.05) is 32.4 Å². The first-order valence-corrected chi connectivity index (χ1v) is 7.55. The van der Waals surface area contributed by atoms with Gasteiger partial charge in [0.25, 0.3) is 0 Å². The fraction of sp³-hybridized carbons (Fsp3) is 0.688. The van der Waals surface area contributed by atoms with Crippen LogP contribution in [0.15, 0.2) is 12.3 Å². The molecule has 0 aliphatic rings. The van der Waals surface area contributed by atoms with Crippen molar-refractivity contribution in [1.29, 1.82) is 0 Å². The van der Waals surface area contributed by atoms with Gasteiger partial charge in [-0.2, -0.15) is 0 Å². The van der Waals surface area contributed by atoms with Crippen LogP contribution in [0.1, 0.15) is 38.3 Å². The minimum Gasteiger partial charge on any atom is -0.383 e. The largest absolute Gasteiger partial charge is 0.383 e. The Kier molecular flexibility index (Phi) is 7.55. The van der Waals surface area contributed by atoms with E-state index in [4.69, 9.17) is 4.74 Å². The van der Waals surface area contributed by atoms with E-state index in [0.717, 1.165) is 38.5 Å². The molecule has 4 heteroatoms. The summed E-state index contributed by atoms with van der Waals surface area (Å²) in [6, 6.07) is 2.70. The van der Waals surface area contributed by atoms with Gasteiger partial charge in [-0.3, -0.25) is 0 Å². The van der Waals surface area contributed by atoms with Gasteiger partial charge in [0.2, 0.25) is 0 Å². The number of nitrogens with one attached hydrogen (secondary N) is 1. The third-order valence-electron chi connectivity index (χ3n) is 3.62. The topological polar surface area (TPSA) is 37.4 Å². The molecule has 0 bridgehead atoms. The van der Waals surface area contributed by atoms with E-state index in [1.807, 2.05) is 6.20 Å². The summed E-state index contributed by atoms with van der Waals surface area (Å²) in [5, 5.41) is 3.34. The Bertz CT molecular complexity index is 395. The van der Waals surface area contributed by atoms with E-state index in [0.29, 0.717) is 6.04 Å². The smallest absolute Gasteiger partial charge is 0.131 e. The van der Waals surface area contributed by atoms with Gasteiger partial charge in [0.05, 0.1) is 6.61 Å². The number of anilines is 1. The van der Waals surface area contributed by atoms with E-state index in [9.17, 15) is 0 Å². The summed E-state index contributed by atoms with van der Waals surface area (Å²) in [5.74, 6) is 1.08. The summed E-state index contributed by atoms with van der Waals surface area (Å²) in [7, 11) is 1.74. The zero-order valence-corrected chi connectivity index (χ0v) is 13.6. The molecule has 1 N–H and O–H groups in total. The quantitative estimate of drug-likeness (QED) is 0.754. The Morgan fingerprint density at radius 3 is 2.70 bits per heavy atom. The number of aryl methyl sites for hydroxylation is 1. The zero-order valence-electron chi connectivity index (χ0n) is 13.6. The van der Waals surface area contributed by atoms with Crippen molar-refractivity contribution in [2.75, 3.05) is 31.7 Å². The Labute approximate surface area is 123 Å². The number of rotatable bonds is 9. The summed E-state index contributed by atoms with van der Waals surface area (Å²) in [6.07, 6.45) is 3.08. The first kappa shape index (κ1) is 16.9. The maximum absolute atomic E-state index is 5.23. The summed E-state index contributed by atoms with van der Waals surface area (Å²) in [4.78, 5) is 7.03. The molecule has 0 aromatic carbocycles. The molecule has 4 nitrogen and oxygen atoms in total. The van der Waals surface area contributed by atoms with Crippen molar-refractivity contribution >= 4 is 5.82 Å². The Balaban J connectivity index is 2.89. The summed E-state index contributed by atoms with van der Waals surface area (Å²) < 4.78 is 5.23. The Morgan fingerprint density at radius 2 is 2.15 bits per heavy atom.